The Morgan fingerprint density at radius 3 is 2.31 bits per heavy atom. The van der Waals surface area contributed by atoms with Gasteiger partial charge in [0, 0.05) is 0 Å². The lowest BCUT2D eigenvalue weighted by atomic mass is 9.75. The number of rotatable bonds is 7. The molecule has 0 aromatic heterocycles. The molecule has 1 atom stereocenters. The molecule has 2 N–H and O–H groups in total. The van der Waals surface area contributed by atoms with Crippen LogP contribution >= 0.6 is 0 Å². The third-order valence-corrected chi connectivity index (χ3v) is 5.78. The number of sulfonamides is 1. The van der Waals surface area contributed by atoms with E-state index in [9.17, 15) is 18.0 Å². The first-order valence-electron chi connectivity index (χ1n) is 9.05. The highest BCUT2D eigenvalue weighted by Gasteiger charge is 2.43. The van der Waals surface area contributed by atoms with E-state index in [1.165, 1.54) is 12.1 Å². The van der Waals surface area contributed by atoms with E-state index < -0.39 is 21.4 Å². The summed E-state index contributed by atoms with van der Waals surface area (Å²) in [7, 11) is -3.84. The highest BCUT2D eigenvalue weighted by atomic mass is 32.2. The van der Waals surface area contributed by atoms with Crippen LogP contribution in [0.25, 0.3) is 10.8 Å². The van der Waals surface area contributed by atoms with Crippen LogP contribution in [-0.2, 0) is 36.2 Å². The van der Waals surface area contributed by atoms with E-state index in [1.54, 1.807) is 31.2 Å². The van der Waals surface area contributed by atoms with Gasteiger partial charge in [-0.1, -0.05) is 54.6 Å². The van der Waals surface area contributed by atoms with E-state index >= 15 is 0 Å². The Hall–Kier alpha value is -3.03. The molecular weight excluding hydrogens is 390 g/mol. The van der Waals surface area contributed by atoms with Crippen molar-refractivity contribution in [1.82, 2.24) is 0 Å². The van der Waals surface area contributed by atoms with Crippen LogP contribution in [0.4, 0.5) is 0 Å². The van der Waals surface area contributed by atoms with Gasteiger partial charge in [0.15, 0.2) is 5.41 Å². The molecule has 150 valence electrons. The number of aldehydes is 1. The first-order valence-corrected chi connectivity index (χ1v) is 10.6. The third-order valence-electron chi connectivity index (χ3n) is 4.85. The number of nitrogens with two attached hydrogens (primary N) is 1. The number of carbonyl (C=O) groups is 2. The van der Waals surface area contributed by atoms with E-state index in [1.807, 2.05) is 30.3 Å². The van der Waals surface area contributed by atoms with Gasteiger partial charge in [-0.2, -0.15) is 0 Å². The molecule has 0 saturated carbocycles. The van der Waals surface area contributed by atoms with Crippen molar-refractivity contribution < 1.29 is 22.7 Å². The molecule has 7 heteroatoms. The van der Waals surface area contributed by atoms with Crippen molar-refractivity contribution in [3.05, 3.63) is 77.9 Å². The normalized spacial score (nSPS) is 13.6. The van der Waals surface area contributed by atoms with Gasteiger partial charge < -0.3 is 9.53 Å². The molecule has 0 radical (unpaired) electrons. The summed E-state index contributed by atoms with van der Waals surface area (Å²) in [5, 5.41) is 6.81. The fourth-order valence-electron chi connectivity index (χ4n) is 3.42. The Balaban J connectivity index is 2.16. The van der Waals surface area contributed by atoms with Crippen LogP contribution in [0.15, 0.2) is 71.6 Å². The van der Waals surface area contributed by atoms with Crippen LogP contribution in [0.2, 0.25) is 0 Å². The molecule has 3 aromatic rings. The van der Waals surface area contributed by atoms with Gasteiger partial charge in [0.1, 0.15) is 6.29 Å². The summed E-state index contributed by atoms with van der Waals surface area (Å²) in [4.78, 5) is 25.4. The fourth-order valence-corrected chi connectivity index (χ4v) is 3.94. The Kier molecular flexibility index (Phi) is 5.81. The predicted octanol–water partition coefficient (Wildman–Crippen LogP) is 2.73. The van der Waals surface area contributed by atoms with Crippen LogP contribution in [0.5, 0.6) is 0 Å². The first kappa shape index (κ1) is 20.7. The van der Waals surface area contributed by atoms with Crippen LogP contribution in [0.3, 0.4) is 0 Å². The zero-order chi connectivity index (χ0) is 21.1. The van der Waals surface area contributed by atoms with E-state index in [4.69, 9.17) is 9.88 Å². The molecule has 3 aromatic carbocycles. The number of ether oxygens (including phenoxy) is 1. The molecular formula is C22H21NO5S. The zero-order valence-electron chi connectivity index (χ0n) is 15.9. The van der Waals surface area contributed by atoms with Gasteiger partial charge >= 0.3 is 5.97 Å². The summed E-state index contributed by atoms with van der Waals surface area (Å²) in [6, 6.07) is 18.7. The van der Waals surface area contributed by atoms with Crippen molar-refractivity contribution in [2.45, 2.75) is 23.7 Å². The summed E-state index contributed by atoms with van der Waals surface area (Å²) in [5.74, 6) is -0.651. The lowest BCUT2D eigenvalue weighted by Gasteiger charge is -2.28. The minimum absolute atomic E-state index is 0.0221. The summed E-state index contributed by atoms with van der Waals surface area (Å²) in [5.41, 5.74) is -0.426. The Labute approximate surface area is 169 Å². The standard InChI is InChI=1S/C22H21NO5S/c1-2-28-21(25)22(15-24,14-16-10-12-18(13-11-16)29(23,26)27)20-9-5-7-17-6-3-4-8-19(17)20/h3-13,15H,2,14H2,1H3,(H2,23,26,27). The number of primary sulfonamides is 1. The number of carbonyl (C=O) groups excluding carboxylic acids is 2. The monoisotopic (exact) mass is 411 g/mol. The minimum atomic E-state index is -3.84. The van der Waals surface area contributed by atoms with Gasteiger partial charge in [-0.3, -0.25) is 4.79 Å². The number of hydrogen-bond donors (Lipinski definition) is 1. The van der Waals surface area contributed by atoms with Crippen molar-refractivity contribution in [1.29, 1.82) is 0 Å². The third kappa shape index (κ3) is 4.06. The van der Waals surface area contributed by atoms with E-state index in [2.05, 4.69) is 0 Å². The van der Waals surface area contributed by atoms with Crippen molar-refractivity contribution in [2.75, 3.05) is 6.61 Å². The number of esters is 1. The van der Waals surface area contributed by atoms with Crippen molar-refractivity contribution in [2.24, 2.45) is 5.14 Å². The zero-order valence-corrected chi connectivity index (χ0v) is 16.7. The smallest absolute Gasteiger partial charge is 0.324 e. The van der Waals surface area contributed by atoms with Crippen LogP contribution in [-0.4, -0.2) is 27.3 Å². The molecule has 0 bridgehead atoms. The van der Waals surface area contributed by atoms with Crippen LogP contribution in [0.1, 0.15) is 18.1 Å². The highest BCUT2D eigenvalue weighted by Crippen LogP contribution is 2.34. The van der Waals surface area contributed by atoms with Crippen molar-refractivity contribution in [3.63, 3.8) is 0 Å². The molecule has 0 saturated heterocycles. The van der Waals surface area contributed by atoms with Gasteiger partial charge in [-0.25, -0.2) is 13.6 Å². The molecule has 0 fully saturated rings. The fraction of sp³-hybridized carbons (Fsp3) is 0.182. The number of fused-ring (bicyclic) bond motifs is 1. The molecule has 0 amide bonds. The van der Waals surface area contributed by atoms with Gasteiger partial charge in [0.25, 0.3) is 0 Å². The maximum atomic E-state index is 13.0. The van der Waals surface area contributed by atoms with E-state index in [0.717, 1.165) is 10.8 Å². The highest BCUT2D eigenvalue weighted by molar-refractivity contribution is 7.89. The van der Waals surface area contributed by atoms with Crippen LogP contribution < -0.4 is 5.14 Å². The maximum Gasteiger partial charge on any atom is 0.324 e. The number of benzene rings is 3. The van der Waals surface area contributed by atoms with Gasteiger partial charge in [-0.05, 0) is 47.4 Å². The summed E-state index contributed by atoms with van der Waals surface area (Å²) >= 11 is 0. The molecule has 0 spiro atoms. The first-order chi connectivity index (χ1) is 13.8. The van der Waals surface area contributed by atoms with Gasteiger partial charge in [0.05, 0.1) is 11.5 Å². The van der Waals surface area contributed by atoms with Gasteiger partial charge in [0.2, 0.25) is 10.0 Å². The lowest BCUT2D eigenvalue weighted by Crippen LogP contribution is -2.41. The topological polar surface area (TPSA) is 104 Å². The molecule has 3 rings (SSSR count). The summed E-state index contributed by atoms with van der Waals surface area (Å²) in [6.07, 6.45) is 0.634. The molecule has 0 aliphatic heterocycles. The average Bonchev–Trinajstić information content (AvgIpc) is 2.71. The van der Waals surface area contributed by atoms with Crippen molar-refractivity contribution >= 4 is 33.1 Å². The number of hydrogen-bond acceptors (Lipinski definition) is 5. The molecule has 1 unspecified atom stereocenters. The average molecular weight is 411 g/mol. The Bertz CT molecular complexity index is 1150. The second-order valence-corrected chi connectivity index (χ2v) is 8.26. The summed E-state index contributed by atoms with van der Waals surface area (Å²) < 4.78 is 28.3. The molecule has 0 aliphatic carbocycles. The quantitative estimate of drug-likeness (QED) is 0.366. The Morgan fingerprint density at radius 2 is 1.69 bits per heavy atom. The molecule has 0 heterocycles. The van der Waals surface area contributed by atoms with Gasteiger partial charge in [-0.15, -0.1) is 0 Å². The molecule has 29 heavy (non-hydrogen) atoms. The van der Waals surface area contributed by atoms with Crippen molar-refractivity contribution in [3.8, 4) is 0 Å². The minimum Gasteiger partial charge on any atom is -0.465 e. The maximum absolute atomic E-state index is 13.0. The second-order valence-electron chi connectivity index (χ2n) is 6.70. The van der Waals surface area contributed by atoms with E-state index in [0.29, 0.717) is 17.4 Å². The second kappa shape index (κ2) is 8.14. The van der Waals surface area contributed by atoms with Crippen LogP contribution in [0, 0.1) is 0 Å². The predicted molar refractivity (Wildman–Crippen MR) is 110 cm³/mol. The molecule has 6 nitrogen and oxygen atoms in total. The largest absolute Gasteiger partial charge is 0.465 e. The SMILES string of the molecule is CCOC(=O)C(C=O)(Cc1ccc(S(N)(=O)=O)cc1)c1cccc2ccccc12. The van der Waals surface area contributed by atoms with E-state index in [-0.39, 0.29) is 17.9 Å². The molecule has 0 aliphatic rings. The lowest BCUT2D eigenvalue weighted by molar-refractivity contribution is -0.151. The summed E-state index contributed by atoms with van der Waals surface area (Å²) in [6.45, 7) is 1.81. The Morgan fingerprint density at radius 1 is 1.03 bits per heavy atom.